The predicted molar refractivity (Wildman–Crippen MR) is 344 cm³/mol. The number of unbranched alkanes of at least 4 members (excludes halogenated alkanes) is 3. The molecular formula is C65H76Cl2N10O20. The van der Waals surface area contributed by atoms with Crippen molar-refractivity contribution in [2.24, 2.45) is 17.4 Å². The highest BCUT2D eigenvalue weighted by atomic mass is 35.5. The number of fused-ring (bicyclic) bond motifs is 15. The molecule has 11 rings (SSSR count). The van der Waals surface area contributed by atoms with Crippen molar-refractivity contribution in [2.75, 3.05) is 20.2 Å². The molecule has 0 spiro atoms. The third kappa shape index (κ3) is 16.2. The van der Waals surface area contributed by atoms with Gasteiger partial charge in [0.15, 0.2) is 11.5 Å². The van der Waals surface area contributed by atoms with E-state index in [0.717, 1.165) is 67.8 Å². The number of phenols is 3. The lowest BCUT2D eigenvalue weighted by atomic mass is 9.89. The minimum Gasteiger partial charge on any atom is -0.508 e. The number of phenolic OH excluding ortho intramolecular Hbond substituents is 3. The molecule has 1 saturated heterocycles. The topological polar surface area (TPSA) is 484 Å². The number of hydrogen-bond donors (Lipinski definition) is 18. The predicted octanol–water partition coefficient (Wildman–Crippen LogP) is 1.45. The number of primary amides is 2. The van der Waals surface area contributed by atoms with E-state index in [1.54, 1.807) is 0 Å². The van der Waals surface area contributed by atoms with Gasteiger partial charge in [-0.3, -0.25) is 38.4 Å². The number of aliphatic hydroxyl groups excluding tert-OH is 5. The molecule has 0 radical (unpaired) electrons. The molecule has 6 aliphatic rings. The number of aliphatic hydroxyl groups is 5. The van der Waals surface area contributed by atoms with Crippen LogP contribution in [0.25, 0.3) is 11.1 Å². The van der Waals surface area contributed by atoms with E-state index in [4.69, 9.17) is 53.6 Å². The number of halogens is 2. The lowest BCUT2D eigenvalue weighted by Gasteiger charge is -2.42. The molecule has 14 atom stereocenters. The van der Waals surface area contributed by atoms with Crippen molar-refractivity contribution in [3.05, 3.63) is 117 Å². The quantitative estimate of drug-likeness (QED) is 0.0586. The van der Waals surface area contributed by atoms with Crippen molar-refractivity contribution in [3.63, 3.8) is 0 Å². The van der Waals surface area contributed by atoms with Gasteiger partial charge in [0.05, 0.1) is 35.2 Å². The second-order valence-electron chi connectivity index (χ2n) is 24.3. The zero-order valence-electron chi connectivity index (χ0n) is 52.7. The highest BCUT2D eigenvalue weighted by Crippen LogP contribution is 2.49. The molecular weight excluding hydrogens is 1310 g/mol. The van der Waals surface area contributed by atoms with E-state index >= 15 is 14.4 Å². The van der Waals surface area contributed by atoms with E-state index in [1.807, 2.05) is 20.8 Å². The fourth-order valence-electron chi connectivity index (χ4n) is 11.8. The number of carbonyl (C=O) groups is 8. The fourth-order valence-corrected chi connectivity index (χ4v) is 12.3. The SMILES string of the molecule is CCCCCCN[C@H]1[C@H](Oc2c3cc4cc2Oc2ccc(cc2Cl)[C@@H](O)[C@@H](NC(=O)[C@@H](CC(C)C)NC)C(=O)N[C@@H](CC(N)=O)C(=O)N[C@H]4C(=O)N[C@H]2C(=O)N[C@H](C(=O)NC(C(N)=O)c4cc(O)cc(O)c4-c4cc2ccc4O)[C@H](O)c2ccc(c(Cl)c2)O3)O[C@H](CO)[C@@H](O)[C@@H]1O. The number of likely N-dealkylation sites (N-methyl/N-ethyl adjacent to an activating group) is 1. The zero-order chi connectivity index (χ0) is 70.4. The van der Waals surface area contributed by atoms with Gasteiger partial charge in [0.1, 0.15) is 95.5 Å². The lowest BCUT2D eigenvalue weighted by molar-refractivity contribution is -0.245. The van der Waals surface area contributed by atoms with Gasteiger partial charge in [0.2, 0.25) is 59.3 Å². The summed E-state index contributed by atoms with van der Waals surface area (Å²) >= 11 is 14.1. The first kappa shape index (κ1) is 72.2. The normalized spacial score (nSPS) is 25.4. The Morgan fingerprint density at radius 2 is 1.29 bits per heavy atom. The van der Waals surface area contributed by atoms with Crippen LogP contribution in [0.15, 0.2) is 78.9 Å². The fraction of sp³-hybridized carbons (Fsp3) is 0.415. The van der Waals surface area contributed by atoms with Crippen LogP contribution in [0, 0.1) is 5.92 Å². The van der Waals surface area contributed by atoms with Gasteiger partial charge < -0.3 is 114 Å². The molecule has 1 fully saturated rings. The number of aromatic hydroxyl groups is 3. The molecule has 0 aromatic heterocycles. The summed E-state index contributed by atoms with van der Waals surface area (Å²) < 4.78 is 26.2. The minimum atomic E-state index is -2.26. The molecule has 97 heavy (non-hydrogen) atoms. The molecule has 30 nitrogen and oxygen atoms in total. The molecule has 6 heterocycles. The van der Waals surface area contributed by atoms with Crippen molar-refractivity contribution in [1.82, 2.24) is 42.5 Å². The Bertz CT molecular complexity index is 3850. The summed E-state index contributed by atoms with van der Waals surface area (Å²) in [5, 5.41) is 112. The summed E-state index contributed by atoms with van der Waals surface area (Å²) in [5.41, 5.74) is 9.38. The molecule has 0 aliphatic carbocycles. The van der Waals surface area contributed by atoms with Gasteiger partial charge in [-0.1, -0.05) is 81.4 Å². The van der Waals surface area contributed by atoms with Gasteiger partial charge in [0.25, 0.3) is 0 Å². The molecule has 8 amide bonds. The van der Waals surface area contributed by atoms with Gasteiger partial charge in [-0.15, -0.1) is 0 Å². The monoisotopic (exact) mass is 1390 g/mol. The minimum absolute atomic E-state index is 0.0710. The molecule has 5 aromatic rings. The van der Waals surface area contributed by atoms with E-state index in [9.17, 15) is 64.8 Å². The Labute approximate surface area is 564 Å². The first-order valence-corrected chi connectivity index (χ1v) is 31.8. The van der Waals surface area contributed by atoms with Crippen molar-refractivity contribution < 1.29 is 98.2 Å². The molecule has 520 valence electrons. The summed E-state index contributed by atoms with van der Waals surface area (Å²) in [5.74, 6) is -14.3. The van der Waals surface area contributed by atoms with Gasteiger partial charge in [-0.2, -0.15) is 0 Å². The van der Waals surface area contributed by atoms with Crippen LogP contribution in [-0.4, -0.2) is 163 Å². The summed E-state index contributed by atoms with van der Waals surface area (Å²) in [6.07, 6.45) is -8.48. The standard InChI is InChI=1S/C65H76Cl2N10O20/c1-5-6-7-8-15-71-52-56(86)55(85)44(25-78)96-65(52)97-57-42-20-30-21-43(57)95-41-14-11-29(19-35(41)67)54(84)51-64(93)75-49(58(69)87)33-22-31(79)23-39(81)46(33)32-17-27(9-12-38(32)80)47(61(90)77-51)74-62(91)48(30)73-60(89)37(24-45(68)82)72-63(92)50(76-59(88)36(70-4)16-26(2)3)53(83)28-10-13-40(94-42)34(66)18-28/h9-14,17-23,26,36-37,44,47-56,65,70-71,78-81,83-86H,5-8,15-16,24-25H2,1-4H3,(H2,68,82)(H2,69,87)(H,72,92)(H,73,89)(H,74,91)(H,75,93)(H,76,88)(H,77,90)/t36-,37+,44-,47-,48-,49?,50-,51+,52-,53-,54-,55-,56-,65+/m1/s1. The summed E-state index contributed by atoms with van der Waals surface area (Å²) in [4.78, 5) is 117. The second kappa shape index (κ2) is 31.0. The van der Waals surface area contributed by atoms with E-state index in [0.29, 0.717) is 6.42 Å². The van der Waals surface area contributed by atoms with Crippen molar-refractivity contribution >= 4 is 70.5 Å². The highest BCUT2D eigenvalue weighted by molar-refractivity contribution is 6.32. The number of rotatable bonds is 17. The summed E-state index contributed by atoms with van der Waals surface area (Å²) in [6.45, 7) is 5.07. The number of nitrogens with one attached hydrogen (secondary N) is 8. The van der Waals surface area contributed by atoms with Crippen LogP contribution in [0.3, 0.4) is 0 Å². The van der Waals surface area contributed by atoms with Gasteiger partial charge in [-0.05, 0) is 115 Å². The highest BCUT2D eigenvalue weighted by Gasteiger charge is 2.47. The number of carbonyl (C=O) groups excluding carboxylic acids is 8. The second-order valence-corrected chi connectivity index (χ2v) is 25.1. The van der Waals surface area contributed by atoms with Crippen LogP contribution in [0.4, 0.5) is 0 Å². The first-order valence-electron chi connectivity index (χ1n) is 31.1. The van der Waals surface area contributed by atoms with E-state index in [2.05, 4.69) is 42.5 Å². The average Bonchev–Trinajstić information content (AvgIpc) is 0.772. The number of benzene rings is 5. The van der Waals surface area contributed by atoms with Crippen molar-refractivity contribution in [1.29, 1.82) is 0 Å². The number of amides is 8. The third-order valence-electron chi connectivity index (χ3n) is 16.9. The van der Waals surface area contributed by atoms with Crippen LogP contribution >= 0.6 is 23.2 Å². The Morgan fingerprint density at radius 3 is 1.89 bits per heavy atom. The van der Waals surface area contributed by atoms with Gasteiger partial charge >= 0.3 is 0 Å². The Balaban J connectivity index is 1.32. The van der Waals surface area contributed by atoms with Crippen LogP contribution < -0.4 is 68.2 Å². The first-order chi connectivity index (χ1) is 46.1. The zero-order valence-corrected chi connectivity index (χ0v) is 54.2. The smallest absolute Gasteiger partial charge is 0.248 e. The number of hydrogen-bond acceptors (Lipinski definition) is 22. The van der Waals surface area contributed by atoms with Crippen LogP contribution in [-0.2, 0) is 43.1 Å². The molecule has 32 heteroatoms. The lowest BCUT2D eigenvalue weighted by Crippen LogP contribution is -2.64. The van der Waals surface area contributed by atoms with Gasteiger partial charge in [-0.25, -0.2) is 0 Å². The molecule has 11 bridgehead atoms. The maximum atomic E-state index is 16.0. The largest absolute Gasteiger partial charge is 0.508 e. The summed E-state index contributed by atoms with van der Waals surface area (Å²) in [7, 11) is 1.49. The molecule has 20 N–H and O–H groups in total. The maximum absolute atomic E-state index is 16.0. The van der Waals surface area contributed by atoms with Gasteiger partial charge in [0, 0.05) is 17.2 Å². The Morgan fingerprint density at radius 1 is 0.670 bits per heavy atom. The Hall–Kier alpha value is -9.08. The number of ether oxygens (including phenoxy) is 4. The average molecular weight is 1390 g/mol. The molecule has 5 aromatic carbocycles. The third-order valence-corrected chi connectivity index (χ3v) is 17.5. The van der Waals surface area contributed by atoms with E-state index < -0.39 is 197 Å². The Kier molecular flexibility index (Phi) is 23.1. The summed E-state index contributed by atoms with van der Waals surface area (Å²) in [6, 6.07) is -0.521. The van der Waals surface area contributed by atoms with Crippen LogP contribution in [0.2, 0.25) is 10.0 Å². The van der Waals surface area contributed by atoms with Crippen molar-refractivity contribution in [3.8, 4) is 57.1 Å². The molecule has 6 aliphatic heterocycles. The number of nitrogens with two attached hydrogens (primary N) is 2. The van der Waals surface area contributed by atoms with Crippen LogP contribution in [0.5, 0.6) is 46.0 Å². The molecule has 1 unspecified atom stereocenters. The van der Waals surface area contributed by atoms with Crippen molar-refractivity contribution in [2.45, 2.75) is 144 Å². The van der Waals surface area contributed by atoms with Crippen LogP contribution in [0.1, 0.15) is 117 Å². The maximum Gasteiger partial charge on any atom is 0.248 e. The van der Waals surface area contributed by atoms with E-state index in [-0.39, 0.29) is 62.7 Å². The van der Waals surface area contributed by atoms with E-state index in [1.165, 1.54) is 37.4 Å². The molecule has 0 saturated carbocycles.